The van der Waals surface area contributed by atoms with Gasteiger partial charge in [-0.25, -0.2) is 4.39 Å². The summed E-state index contributed by atoms with van der Waals surface area (Å²) in [7, 11) is 1.87. The molecule has 90 valence electrons. The molecule has 2 aromatic rings. The summed E-state index contributed by atoms with van der Waals surface area (Å²) in [5, 5.41) is 6.89. The van der Waals surface area contributed by atoms with Gasteiger partial charge in [0.25, 0.3) is 0 Å². The van der Waals surface area contributed by atoms with Crippen LogP contribution in [0.5, 0.6) is 0 Å². The lowest BCUT2D eigenvalue weighted by molar-refractivity contribution is 0.379. The molecular formula is C12H14FN3O. The van der Waals surface area contributed by atoms with Crippen molar-refractivity contribution in [2.45, 2.75) is 12.8 Å². The largest absolute Gasteiger partial charge is 0.339 e. The molecule has 1 aromatic carbocycles. The Bertz CT molecular complexity index is 467. The maximum Gasteiger partial charge on any atom is 0.231 e. The maximum atomic E-state index is 12.7. The van der Waals surface area contributed by atoms with Crippen LogP contribution in [0.1, 0.15) is 17.3 Å². The van der Waals surface area contributed by atoms with Crippen LogP contribution < -0.4 is 5.32 Å². The first kappa shape index (κ1) is 11.7. The zero-order valence-corrected chi connectivity index (χ0v) is 9.61. The average molecular weight is 235 g/mol. The Morgan fingerprint density at radius 2 is 2.06 bits per heavy atom. The molecule has 0 bridgehead atoms. The Kier molecular flexibility index (Phi) is 3.82. The van der Waals surface area contributed by atoms with Gasteiger partial charge in [-0.2, -0.15) is 4.98 Å². The van der Waals surface area contributed by atoms with E-state index in [0.717, 1.165) is 18.5 Å². The minimum atomic E-state index is -0.242. The van der Waals surface area contributed by atoms with Crippen molar-refractivity contribution in [2.75, 3.05) is 13.6 Å². The predicted molar refractivity (Wildman–Crippen MR) is 61.1 cm³/mol. The quantitative estimate of drug-likeness (QED) is 0.854. The van der Waals surface area contributed by atoms with Crippen molar-refractivity contribution < 1.29 is 8.91 Å². The SMILES string of the molecule is CNCCc1noc(Cc2ccc(F)cc2)n1. The molecule has 5 heteroatoms. The molecule has 0 saturated carbocycles. The zero-order chi connectivity index (χ0) is 12.1. The van der Waals surface area contributed by atoms with Gasteiger partial charge in [-0.3, -0.25) is 0 Å². The van der Waals surface area contributed by atoms with Crippen molar-refractivity contribution in [3.63, 3.8) is 0 Å². The second-order valence-corrected chi connectivity index (χ2v) is 3.76. The number of aromatic nitrogens is 2. The first-order valence-electron chi connectivity index (χ1n) is 5.48. The summed E-state index contributed by atoms with van der Waals surface area (Å²) in [4.78, 5) is 4.25. The van der Waals surface area contributed by atoms with Gasteiger partial charge in [-0.15, -0.1) is 0 Å². The van der Waals surface area contributed by atoms with Gasteiger partial charge in [0.1, 0.15) is 5.82 Å². The maximum absolute atomic E-state index is 12.7. The fourth-order valence-corrected chi connectivity index (χ4v) is 1.48. The third-order valence-corrected chi connectivity index (χ3v) is 2.38. The topological polar surface area (TPSA) is 51.0 Å². The van der Waals surface area contributed by atoms with Crippen LogP contribution in [-0.2, 0) is 12.8 Å². The molecule has 1 aromatic heterocycles. The predicted octanol–water partition coefficient (Wildman–Crippen LogP) is 1.56. The molecule has 0 aliphatic rings. The molecule has 0 aliphatic carbocycles. The van der Waals surface area contributed by atoms with E-state index in [0.29, 0.717) is 18.1 Å². The summed E-state index contributed by atoms with van der Waals surface area (Å²) in [6, 6.07) is 6.28. The number of rotatable bonds is 5. The van der Waals surface area contributed by atoms with E-state index < -0.39 is 0 Å². The Balaban J connectivity index is 1.98. The molecular weight excluding hydrogens is 221 g/mol. The van der Waals surface area contributed by atoms with Gasteiger partial charge in [0.05, 0.1) is 6.42 Å². The minimum absolute atomic E-state index is 0.242. The van der Waals surface area contributed by atoms with E-state index in [2.05, 4.69) is 15.5 Å². The Labute approximate surface area is 98.8 Å². The van der Waals surface area contributed by atoms with Crippen molar-refractivity contribution in [3.05, 3.63) is 47.4 Å². The second kappa shape index (κ2) is 5.54. The summed E-state index contributed by atoms with van der Waals surface area (Å²) in [6.07, 6.45) is 1.27. The van der Waals surface area contributed by atoms with E-state index in [1.165, 1.54) is 12.1 Å². The molecule has 0 saturated heterocycles. The van der Waals surface area contributed by atoms with Crippen molar-refractivity contribution in [1.82, 2.24) is 15.5 Å². The van der Waals surface area contributed by atoms with Gasteiger partial charge in [0, 0.05) is 13.0 Å². The fraction of sp³-hybridized carbons (Fsp3) is 0.333. The van der Waals surface area contributed by atoms with Crippen LogP contribution in [0.3, 0.4) is 0 Å². The summed E-state index contributed by atoms with van der Waals surface area (Å²) in [5.41, 5.74) is 0.954. The van der Waals surface area contributed by atoms with Crippen LogP contribution in [0.15, 0.2) is 28.8 Å². The molecule has 0 fully saturated rings. The lowest BCUT2D eigenvalue weighted by Crippen LogP contribution is -2.11. The molecule has 1 N–H and O–H groups in total. The molecule has 17 heavy (non-hydrogen) atoms. The van der Waals surface area contributed by atoms with Crippen molar-refractivity contribution >= 4 is 0 Å². The van der Waals surface area contributed by atoms with Crippen LogP contribution in [0.25, 0.3) is 0 Å². The Morgan fingerprint density at radius 3 is 2.76 bits per heavy atom. The number of nitrogens with zero attached hydrogens (tertiary/aromatic N) is 2. The van der Waals surface area contributed by atoms with Crippen LogP contribution in [0.4, 0.5) is 4.39 Å². The van der Waals surface area contributed by atoms with Crippen LogP contribution in [0.2, 0.25) is 0 Å². The van der Waals surface area contributed by atoms with E-state index in [9.17, 15) is 4.39 Å². The molecule has 0 atom stereocenters. The van der Waals surface area contributed by atoms with Gasteiger partial charge < -0.3 is 9.84 Å². The highest BCUT2D eigenvalue weighted by Crippen LogP contribution is 2.09. The van der Waals surface area contributed by atoms with E-state index >= 15 is 0 Å². The third-order valence-electron chi connectivity index (χ3n) is 2.38. The Morgan fingerprint density at radius 1 is 1.29 bits per heavy atom. The molecule has 0 unspecified atom stereocenters. The fourth-order valence-electron chi connectivity index (χ4n) is 1.48. The highest BCUT2D eigenvalue weighted by Gasteiger charge is 2.06. The standard InChI is InChI=1S/C12H14FN3O/c1-14-7-6-11-15-12(17-16-11)8-9-2-4-10(13)5-3-9/h2-5,14H,6-8H2,1H3. The van der Waals surface area contributed by atoms with Crippen molar-refractivity contribution in [3.8, 4) is 0 Å². The Hall–Kier alpha value is -1.75. The number of hydrogen-bond donors (Lipinski definition) is 1. The number of nitrogens with one attached hydrogen (secondary N) is 1. The number of halogens is 1. The van der Waals surface area contributed by atoms with Gasteiger partial charge in [0.2, 0.25) is 5.89 Å². The lowest BCUT2D eigenvalue weighted by Gasteiger charge is -1.95. The number of benzene rings is 1. The van der Waals surface area contributed by atoms with Gasteiger partial charge >= 0.3 is 0 Å². The van der Waals surface area contributed by atoms with Crippen molar-refractivity contribution in [1.29, 1.82) is 0 Å². The summed E-state index contributed by atoms with van der Waals surface area (Å²) >= 11 is 0. The summed E-state index contributed by atoms with van der Waals surface area (Å²) < 4.78 is 17.8. The second-order valence-electron chi connectivity index (χ2n) is 3.76. The number of hydrogen-bond acceptors (Lipinski definition) is 4. The van der Waals surface area contributed by atoms with Crippen LogP contribution >= 0.6 is 0 Å². The zero-order valence-electron chi connectivity index (χ0n) is 9.61. The normalized spacial score (nSPS) is 10.7. The molecule has 4 nitrogen and oxygen atoms in total. The molecule has 0 radical (unpaired) electrons. The van der Waals surface area contributed by atoms with Gasteiger partial charge in [-0.05, 0) is 24.7 Å². The highest BCUT2D eigenvalue weighted by atomic mass is 19.1. The summed E-state index contributed by atoms with van der Waals surface area (Å²) in [6.45, 7) is 0.815. The van der Waals surface area contributed by atoms with E-state index in [1.54, 1.807) is 12.1 Å². The molecule has 1 heterocycles. The summed E-state index contributed by atoms with van der Waals surface area (Å²) in [5.74, 6) is 1.01. The lowest BCUT2D eigenvalue weighted by atomic mass is 10.1. The van der Waals surface area contributed by atoms with Gasteiger partial charge in [-0.1, -0.05) is 17.3 Å². The average Bonchev–Trinajstić information content (AvgIpc) is 2.77. The van der Waals surface area contributed by atoms with E-state index in [-0.39, 0.29) is 5.82 Å². The van der Waals surface area contributed by atoms with Crippen LogP contribution in [-0.4, -0.2) is 23.7 Å². The minimum Gasteiger partial charge on any atom is -0.339 e. The molecule has 2 rings (SSSR count). The molecule has 0 aliphatic heterocycles. The van der Waals surface area contributed by atoms with E-state index in [1.807, 2.05) is 7.05 Å². The first-order valence-corrected chi connectivity index (χ1v) is 5.48. The third kappa shape index (κ3) is 3.35. The van der Waals surface area contributed by atoms with E-state index in [4.69, 9.17) is 4.52 Å². The monoisotopic (exact) mass is 235 g/mol. The highest BCUT2D eigenvalue weighted by molar-refractivity contribution is 5.19. The smallest absolute Gasteiger partial charge is 0.231 e. The molecule has 0 amide bonds. The molecule has 0 spiro atoms. The van der Waals surface area contributed by atoms with Gasteiger partial charge in [0.15, 0.2) is 5.82 Å². The van der Waals surface area contributed by atoms with Crippen LogP contribution in [0, 0.1) is 5.82 Å². The first-order chi connectivity index (χ1) is 8.28. The number of likely N-dealkylation sites (N-methyl/N-ethyl adjacent to an activating group) is 1. The van der Waals surface area contributed by atoms with Crippen molar-refractivity contribution in [2.24, 2.45) is 0 Å².